The summed E-state index contributed by atoms with van der Waals surface area (Å²) in [7, 11) is 0. The summed E-state index contributed by atoms with van der Waals surface area (Å²) >= 11 is 0. The maximum Gasteiger partial charge on any atom is 0.308 e. The molecule has 2 fully saturated rings. The van der Waals surface area contributed by atoms with Crippen LogP contribution in [0.2, 0.25) is 0 Å². The molecule has 3 aliphatic carbocycles. The zero-order chi connectivity index (χ0) is 19.3. The van der Waals surface area contributed by atoms with E-state index in [0.717, 1.165) is 31.2 Å². The van der Waals surface area contributed by atoms with Crippen molar-refractivity contribution in [2.45, 2.75) is 64.9 Å². The van der Waals surface area contributed by atoms with Gasteiger partial charge in [0.2, 0.25) is 0 Å². The number of benzene rings is 1. The normalized spacial score (nSPS) is 34.3. The van der Waals surface area contributed by atoms with E-state index >= 15 is 0 Å². The highest BCUT2D eigenvalue weighted by Gasteiger charge is 2.57. The van der Waals surface area contributed by atoms with E-state index < -0.39 is 0 Å². The maximum atomic E-state index is 12.9. The first-order valence-corrected chi connectivity index (χ1v) is 9.82. The quantitative estimate of drug-likeness (QED) is 0.580. The summed E-state index contributed by atoms with van der Waals surface area (Å²) in [4.78, 5) is 35.6. The van der Waals surface area contributed by atoms with Crippen molar-refractivity contribution in [2.75, 3.05) is 0 Å². The number of carbonyl (C=O) groups excluding carboxylic acids is 3. The van der Waals surface area contributed by atoms with Crippen LogP contribution in [0.5, 0.6) is 5.75 Å². The van der Waals surface area contributed by atoms with E-state index in [1.54, 1.807) is 12.1 Å². The Morgan fingerprint density at radius 1 is 1.11 bits per heavy atom. The molecule has 1 aromatic rings. The Kier molecular flexibility index (Phi) is 4.36. The highest BCUT2D eigenvalue weighted by Crippen LogP contribution is 2.61. The van der Waals surface area contributed by atoms with Gasteiger partial charge in [-0.25, -0.2) is 0 Å². The maximum absolute atomic E-state index is 12.9. The van der Waals surface area contributed by atoms with E-state index in [1.165, 1.54) is 13.8 Å². The molecule has 0 radical (unpaired) electrons. The minimum atomic E-state index is -0.382. The van der Waals surface area contributed by atoms with Crippen LogP contribution >= 0.6 is 0 Å². The smallest absolute Gasteiger partial charge is 0.308 e. The number of hydrogen-bond acceptors (Lipinski definition) is 5. The van der Waals surface area contributed by atoms with Crippen LogP contribution in [0.4, 0.5) is 0 Å². The molecule has 0 amide bonds. The number of fused-ring (bicyclic) bond motifs is 5. The van der Waals surface area contributed by atoms with Gasteiger partial charge in [-0.3, -0.25) is 14.4 Å². The lowest BCUT2D eigenvalue weighted by atomic mass is 9.55. The Labute approximate surface area is 159 Å². The molecule has 3 aliphatic rings. The van der Waals surface area contributed by atoms with Crippen molar-refractivity contribution in [3.05, 3.63) is 29.3 Å². The second-order valence-corrected chi connectivity index (χ2v) is 8.57. The Bertz CT molecular complexity index is 813. The zero-order valence-corrected chi connectivity index (χ0v) is 16.1. The monoisotopic (exact) mass is 370 g/mol. The van der Waals surface area contributed by atoms with E-state index in [1.807, 2.05) is 6.07 Å². The SMILES string of the molecule is CC(=O)Oc1ccc2c(c1)C(=O)C[C@@H]1[C@@H]2CC[C@@]2(C)[C@@H](OC(C)=O)CC[C@H]12. The molecule has 0 spiro atoms. The number of rotatable bonds is 2. The van der Waals surface area contributed by atoms with Crippen molar-refractivity contribution in [1.82, 2.24) is 0 Å². The molecule has 5 heteroatoms. The molecule has 5 atom stereocenters. The second kappa shape index (κ2) is 6.47. The third kappa shape index (κ3) is 2.97. The van der Waals surface area contributed by atoms with E-state index in [0.29, 0.717) is 35.5 Å². The van der Waals surface area contributed by atoms with Crippen LogP contribution in [0.15, 0.2) is 18.2 Å². The van der Waals surface area contributed by atoms with Gasteiger partial charge in [0.1, 0.15) is 11.9 Å². The zero-order valence-electron chi connectivity index (χ0n) is 16.1. The lowest BCUT2D eigenvalue weighted by Crippen LogP contribution is -2.45. The summed E-state index contributed by atoms with van der Waals surface area (Å²) < 4.78 is 10.8. The van der Waals surface area contributed by atoms with Crippen molar-refractivity contribution >= 4 is 17.7 Å². The largest absolute Gasteiger partial charge is 0.462 e. The van der Waals surface area contributed by atoms with E-state index in [-0.39, 0.29) is 29.2 Å². The van der Waals surface area contributed by atoms with Gasteiger partial charge in [0.25, 0.3) is 0 Å². The molecule has 2 saturated carbocycles. The summed E-state index contributed by atoms with van der Waals surface area (Å²) in [6.45, 7) is 5.07. The molecule has 0 aliphatic heterocycles. The van der Waals surface area contributed by atoms with E-state index in [2.05, 4.69) is 6.92 Å². The van der Waals surface area contributed by atoms with Crippen molar-refractivity contribution in [1.29, 1.82) is 0 Å². The van der Waals surface area contributed by atoms with Gasteiger partial charge in [0.15, 0.2) is 5.78 Å². The van der Waals surface area contributed by atoms with E-state index in [4.69, 9.17) is 9.47 Å². The molecule has 144 valence electrons. The molecular weight excluding hydrogens is 344 g/mol. The molecule has 1 aromatic carbocycles. The molecule has 27 heavy (non-hydrogen) atoms. The summed E-state index contributed by atoms with van der Waals surface area (Å²) in [6, 6.07) is 5.48. The van der Waals surface area contributed by atoms with Crippen LogP contribution in [0, 0.1) is 17.3 Å². The van der Waals surface area contributed by atoms with Gasteiger partial charge in [-0.2, -0.15) is 0 Å². The lowest BCUT2D eigenvalue weighted by Gasteiger charge is -2.50. The fourth-order valence-corrected chi connectivity index (χ4v) is 5.96. The fraction of sp³-hybridized carbons (Fsp3) is 0.591. The van der Waals surface area contributed by atoms with Gasteiger partial charge < -0.3 is 9.47 Å². The Hall–Kier alpha value is -2.17. The first-order valence-electron chi connectivity index (χ1n) is 9.82. The summed E-state index contributed by atoms with van der Waals surface area (Å²) in [5.41, 5.74) is 1.75. The van der Waals surface area contributed by atoms with Crippen LogP contribution in [0.3, 0.4) is 0 Å². The second-order valence-electron chi connectivity index (χ2n) is 8.57. The van der Waals surface area contributed by atoms with Crippen molar-refractivity contribution in [3.8, 4) is 5.75 Å². The summed E-state index contributed by atoms with van der Waals surface area (Å²) in [6.07, 6.45) is 4.36. The molecule has 0 N–H and O–H groups in total. The van der Waals surface area contributed by atoms with Gasteiger partial charge in [-0.1, -0.05) is 13.0 Å². The molecule has 4 rings (SSSR count). The molecule has 0 bridgehead atoms. The first-order chi connectivity index (χ1) is 12.8. The lowest BCUT2D eigenvalue weighted by molar-refractivity contribution is -0.154. The predicted molar refractivity (Wildman–Crippen MR) is 98.5 cm³/mol. The predicted octanol–water partition coefficient (Wildman–Crippen LogP) is 4.04. The number of hydrogen-bond donors (Lipinski definition) is 0. The fourth-order valence-electron chi connectivity index (χ4n) is 5.96. The molecule has 0 heterocycles. The number of Topliss-reactive ketones (excluding diaryl/α,β-unsaturated/α-hetero) is 1. The molecule has 0 unspecified atom stereocenters. The van der Waals surface area contributed by atoms with Gasteiger partial charge in [0.05, 0.1) is 0 Å². The Morgan fingerprint density at radius 3 is 2.59 bits per heavy atom. The third-order valence-corrected chi connectivity index (χ3v) is 7.07. The minimum absolute atomic E-state index is 0.0382. The average molecular weight is 370 g/mol. The Balaban J connectivity index is 1.64. The molecule has 0 aromatic heterocycles. The van der Waals surface area contributed by atoms with Crippen molar-refractivity contribution < 1.29 is 23.9 Å². The number of carbonyl (C=O) groups is 3. The van der Waals surface area contributed by atoms with Crippen molar-refractivity contribution in [3.63, 3.8) is 0 Å². The van der Waals surface area contributed by atoms with Crippen molar-refractivity contribution in [2.24, 2.45) is 17.3 Å². The van der Waals surface area contributed by atoms with Crippen LogP contribution in [-0.2, 0) is 14.3 Å². The first kappa shape index (κ1) is 18.2. The third-order valence-electron chi connectivity index (χ3n) is 7.07. The topological polar surface area (TPSA) is 69.7 Å². The van der Waals surface area contributed by atoms with Crippen LogP contribution in [-0.4, -0.2) is 23.8 Å². The summed E-state index contributed by atoms with van der Waals surface area (Å²) in [5.74, 6) is 0.997. The summed E-state index contributed by atoms with van der Waals surface area (Å²) in [5, 5.41) is 0. The number of ether oxygens (including phenoxy) is 2. The van der Waals surface area contributed by atoms with Crippen LogP contribution in [0.1, 0.15) is 74.7 Å². The van der Waals surface area contributed by atoms with Gasteiger partial charge in [0, 0.05) is 31.2 Å². The van der Waals surface area contributed by atoms with E-state index in [9.17, 15) is 14.4 Å². The highest BCUT2D eigenvalue weighted by molar-refractivity contribution is 5.99. The van der Waals surface area contributed by atoms with Gasteiger partial charge in [-0.15, -0.1) is 0 Å². The molecule has 5 nitrogen and oxygen atoms in total. The van der Waals surface area contributed by atoms with Gasteiger partial charge >= 0.3 is 11.9 Å². The standard InChI is InChI=1S/C22H26O5/c1-12(23)26-14-4-5-15-16-8-9-22(3)19(6-7-21(22)27-13(2)24)17(16)11-20(25)18(15)10-14/h4-5,10,16-17,19,21H,6-9,11H2,1-3H3/t16-,17-,19-,21+,22-/m1/s1. The minimum Gasteiger partial charge on any atom is -0.462 e. The number of ketones is 1. The Morgan fingerprint density at radius 2 is 1.89 bits per heavy atom. The highest BCUT2D eigenvalue weighted by atomic mass is 16.5. The molecular formula is C22H26O5. The van der Waals surface area contributed by atoms with Crippen LogP contribution < -0.4 is 4.74 Å². The van der Waals surface area contributed by atoms with Crippen LogP contribution in [0.25, 0.3) is 0 Å². The molecule has 0 saturated heterocycles. The average Bonchev–Trinajstić information content (AvgIpc) is 2.91. The number of esters is 2. The van der Waals surface area contributed by atoms with Gasteiger partial charge in [-0.05, 0) is 61.1 Å².